The van der Waals surface area contributed by atoms with Crippen LogP contribution in [0.4, 0.5) is 16.3 Å². The van der Waals surface area contributed by atoms with Gasteiger partial charge in [0.2, 0.25) is 0 Å². The zero-order valence-corrected chi connectivity index (χ0v) is 11.2. The Morgan fingerprint density at radius 1 is 1.19 bits per heavy atom. The Balaban J connectivity index is 2.08. The maximum atomic E-state index is 11.9. The summed E-state index contributed by atoms with van der Waals surface area (Å²) in [5.74, 6) is -0.437. The van der Waals surface area contributed by atoms with Crippen molar-refractivity contribution in [1.29, 1.82) is 0 Å². The molecule has 0 aliphatic heterocycles. The van der Waals surface area contributed by atoms with Crippen molar-refractivity contribution >= 4 is 23.5 Å². The van der Waals surface area contributed by atoms with E-state index in [0.717, 1.165) is 0 Å². The third-order valence-corrected chi connectivity index (χ3v) is 2.60. The van der Waals surface area contributed by atoms with Crippen molar-refractivity contribution in [3.05, 3.63) is 48.2 Å². The highest BCUT2D eigenvalue weighted by Crippen LogP contribution is 2.23. The van der Waals surface area contributed by atoms with E-state index in [1.54, 1.807) is 24.3 Å². The molecule has 7 nitrogen and oxygen atoms in total. The lowest BCUT2D eigenvalue weighted by molar-refractivity contribution is 0.0696. The largest absolute Gasteiger partial charge is 0.495 e. The SMILES string of the molecule is COc1ccccc1NC(=O)Nc1cc(C(=O)O)ccn1. The number of carboxylic acids is 1. The van der Waals surface area contributed by atoms with Gasteiger partial charge >= 0.3 is 12.0 Å². The van der Waals surface area contributed by atoms with E-state index in [0.29, 0.717) is 11.4 Å². The van der Waals surface area contributed by atoms with E-state index in [4.69, 9.17) is 9.84 Å². The fourth-order valence-corrected chi connectivity index (χ4v) is 1.65. The highest BCUT2D eigenvalue weighted by molar-refractivity contribution is 6.00. The summed E-state index contributed by atoms with van der Waals surface area (Å²) in [5.41, 5.74) is 0.532. The lowest BCUT2D eigenvalue weighted by Crippen LogP contribution is -2.20. The molecule has 2 rings (SSSR count). The minimum atomic E-state index is -1.09. The number of anilines is 2. The van der Waals surface area contributed by atoms with Crippen LogP contribution >= 0.6 is 0 Å². The second kappa shape index (κ2) is 6.38. The molecule has 21 heavy (non-hydrogen) atoms. The maximum Gasteiger partial charge on any atom is 0.335 e. The molecular formula is C14H13N3O4. The van der Waals surface area contributed by atoms with Crippen LogP contribution in [0.1, 0.15) is 10.4 Å². The predicted molar refractivity (Wildman–Crippen MR) is 76.8 cm³/mol. The quantitative estimate of drug-likeness (QED) is 0.801. The molecule has 0 aliphatic carbocycles. The number of hydrogen-bond donors (Lipinski definition) is 3. The van der Waals surface area contributed by atoms with Crippen molar-refractivity contribution in [2.24, 2.45) is 0 Å². The van der Waals surface area contributed by atoms with Gasteiger partial charge in [-0.05, 0) is 24.3 Å². The van der Waals surface area contributed by atoms with Crippen molar-refractivity contribution in [3.63, 3.8) is 0 Å². The number of aromatic carboxylic acids is 1. The van der Waals surface area contributed by atoms with E-state index in [1.165, 1.54) is 25.4 Å². The number of hydrogen-bond acceptors (Lipinski definition) is 4. The van der Waals surface area contributed by atoms with Gasteiger partial charge in [0.25, 0.3) is 0 Å². The van der Waals surface area contributed by atoms with Gasteiger partial charge in [-0.2, -0.15) is 0 Å². The van der Waals surface area contributed by atoms with E-state index in [2.05, 4.69) is 15.6 Å². The standard InChI is InChI=1S/C14H13N3O4/c1-21-11-5-3-2-4-10(11)16-14(20)17-12-8-9(13(18)19)6-7-15-12/h2-8H,1H3,(H,18,19)(H2,15,16,17,20). The number of rotatable bonds is 4. The number of methoxy groups -OCH3 is 1. The molecule has 1 aromatic heterocycles. The summed E-state index contributed by atoms with van der Waals surface area (Å²) in [6.07, 6.45) is 1.31. The summed E-state index contributed by atoms with van der Waals surface area (Å²) >= 11 is 0. The van der Waals surface area contributed by atoms with Gasteiger partial charge in [-0.3, -0.25) is 5.32 Å². The number of amides is 2. The third-order valence-electron chi connectivity index (χ3n) is 2.60. The maximum absolute atomic E-state index is 11.9. The van der Waals surface area contributed by atoms with Gasteiger partial charge < -0.3 is 15.2 Å². The van der Waals surface area contributed by atoms with Crippen LogP contribution in [0, 0.1) is 0 Å². The fraction of sp³-hybridized carbons (Fsp3) is 0.0714. The van der Waals surface area contributed by atoms with Crippen LogP contribution in [-0.4, -0.2) is 29.2 Å². The summed E-state index contributed by atoms with van der Waals surface area (Å²) in [4.78, 5) is 26.6. The minimum absolute atomic E-state index is 0.0394. The molecule has 0 unspecified atom stereocenters. The molecule has 0 aliphatic rings. The van der Waals surface area contributed by atoms with Crippen LogP contribution in [-0.2, 0) is 0 Å². The summed E-state index contributed by atoms with van der Waals surface area (Å²) in [7, 11) is 1.50. The average molecular weight is 287 g/mol. The molecule has 1 aromatic carbocycles. The molecule has 0 saturated heterocycles. The van der Waals surface area contributed by atoms with Gasteiger partial charge in [0.1, 0.15) is 11.6 Å². The first-order valence-electron chi connectivity index (χ1n) is 6.00. The first-order valence-corrected chi connectivity index (χ1v) is 6.00. The van der Waals surface area contributed by atoms with Gasteiger partial charge in [0.15, 0.2) is 0 Å². The van der Waals surface area contributed by atoms with Gasteiger partial charge in [0.05, 0.1) is 18.4 Å². The molecule has 0 saturated carbocycles. The van der Waals surface area contributed by atoms with E-state index < -0.39 is 12.0 Å². The Morgan fingerprint density at radius 3 is 2.67 bits per heavy atom. The molecule has 0 fully saturated rings. The Morgan fingerprint density at radius 2 is 1.95 bits per heavy atom. The Kier molecular flexibility index (Phi) is 4.35. The smallest absolute Gasteiger partial charge is 0.335 e. The van der Waals surface area contributed by atoms with Crippen molar-refractivity contribution in [2.45, 2.75) is 0 Å². The zero-order valence-electron chi connectivity index (χ0n) is 11.2. The summed E-state index contributed by atoms with van der Waals surface area (Å²) < 4.78 is 5.11. The molecule has 2 aromatic rings. The topological polar surface area (TPSA) is 101 Å². The average Bonchev–Trinajstić information content (AvgIpc) is 2.48. The van der Waals surface area contributed by atoms with Crippen LogP contribution in [0.2, 0.25) is 0 Å². The van der Waals surface area contributed by atoms with Gasteiger partial charge in [-0.1, -0.05) is 12.1 Å². The molecule has 7 heteroatoms. The molecule has 2 amide bonds. The number of carboxylic acid groups (broad SMARTS) is 1. The van der Waals surface area contributed by atoms with Crippen molar-refractivity contribution in [1.82, 2.24) is 4.98 Å². The number of pyridine rings is 1. The Labute approximate surface area is 120 Å². The number of ether oxygens (including phenoxy) is 1. The number of benzene rings is 1. The highest BCUT2D eigenvalue weighted by atomic mass is 16.5. The van der Waals surface area contributed by atoms with Crippen LogP contribution < -0.4 is 15.4 Å². The summed E-state index contributed by atoms with van der Waals surface area (Å²) in [5, 5.41) is 13.9. The number of nitrogens with zero attached hydrogens (tertiary/aromatic N) is 1. The molecule has 0 radical (unpaired) electrons. The second-order valence-electron chi connectivity index (χ2n) is 4.01. The summed E-state index contributed by atoms with van der Waals surface area (Å²) in [6, 6.07) is 8.98. The van der Waals surface area contributed by atoms with Crippen LogP contribution in [0.3, 0.4) is 0 Å². The monoisotopic (exact) mass is 287 g/mol. The molecular weight excluding hydrogens is 274 g/mol. The molecule has 108 valence electrons. The normalized spacial score (nSPS) is 9.76. The Hall–Kier alpha value is -3.09. The van der Waals surface area contributed by atoms with Crippen LogP contribution in [0.15, 0.2) is 42.6 Å². The molecule has 1 heterocycles. The van der Waals surface area contributed by atoms with Crippen LogP contribution in [0.25, 0.3) is 0 Å². The minimum Gasteiger partial charge on any atom is -0.495 e. The predicted octanol–water partition coefficient (Wildman–Crippen LogP) is 2.43. The molecule has 3 N–H and O–H groups in total. The number of aromatic nitrogens is 1. The molecule has 0 atom stereocenters. The lowest BCUT2D eigenvalue weighted by Gasteiger charge is -2.10. The van der Waals surface area contributed by atoms with Crippen molar-refractivity contribution in [2.75, 3.05) is 17.7 Å². The van der Waals surface area contributed by atoms with Crippen molar-refractivity contribution < 1.29 is 19.4 Å². The lowest BCUT2D eigenvalue weighted by atomic mass is 10.2. The number of urea groups is 1. The van der Waals surface area contributed by atoms with Crippen molar-refractivity contribution in [3.8, 4) is 5.75 Å². The van der Waals surface area contributed by atoms with Crippen LogP contribution in [0.5, 0.6) is 5.75 Å². The first-order chi connectivity index (χ1) is 10.1. The highest BCUT2D eigenvalue weighted by Gasteiger charge is 2.09. The number of carbonyl (C=O) groups is 2. The fourth-order valence-electron chi connectivity index (χ4n) is 1.65. The van der Waals surface area contributed by atoms with E-state index >= 15 is 0 Å². The second-order valence-corrected chi connectivity index (χ2v) is 4.01. The first kappa shape index (κ1) is 14.3. The van der Waals surface area contributed by atoms with E-state index in [9.17, 15) is 9.59 Å². The summed E-state index contributed by atoms with van der Waals surface area (Å²) in [6.45, 7) is 0. The molecule has 0 bridgehead atoms. The van der Waals surface area contributed by atoms with E-state index in [1.807, 2.05) is 0 Å². The molecule has 0 spiro atoms. The van der Waals surface area contributed by atoms with Gasteiger partial charge in [-0.25, -0.2) is 14.6 Å². The zero-order chi connectivity index (χ0) is 15.2. The Bertz CT molecular complexity index is 673. The number of para-hydroxylation sites is 2. The number of carbonyl (C=O) groups excluding carboxylic acids is 1. The number of nitrogens with one attached hydrogen (secondary N) is 2. The third kappa shape index (κ3) is 3.69. The van der Waals surface area contributed by atoms with Gasteiger partial charge in [-0.15, -0.1) is 0 Å². The van der Waals surface area contributed by atoms with E-state index in [-0.39, 0.29) is 11.4 Å². The van der Waals surface area contributed by atoms with Gasteiger partial charge in [0, 0.05) is 6.20 Å².